The first-order valence-corrected chi connectivity index (χ1v) is 14.8. The number of primary sulfonamides is 1. The second kappa shape index (κ2) is 11.4. The summed E-state index contributed by atoms with van der Waals surface area (Å²) >= 11 is 1.16. The lowest BCUT2D eigenvalue weighted by atomic mass is 10.2. The van der Waals surface area contributed by atoms with Crippen LogP contribution in [0.2, 0.25) is 0 Å². The van der Waals surface area contributed by atoms with Gasteiger partial charge < -0.3 is 9.30 Å². The molecule has 0 aliphatic heterocycles. The van der Waals surface area contributed by atoms with Crippen LogP contribution in [0.25, 0.3) is 10.2 Å². The van der Waals surface area contributed by atoms with Crippen LogP contribution in [0.1, 0.15) is 25.3 Å². The van der Waals surface area contributed by atoms with E-state index in [0.717, 1.165) is 11.3 Å². The molecular formula is C22H27N3O6S3. The van der Waals surface area contributed by atoms with E-state index in [9.17, 15) is 21.6 Å². The molecule has 12 heteroatoms. The summed E-state index contributed by atoms with van der Waals surface area (Å²) in [5.41, 5.74) is 1.41. The van der Waals surface area contributed by atoms with Crippen molar-refractivity contribution in [2.75, 3.05) is 19.0 Å². The minimum atomic E-state index is -3.87. The highest BCUT2D eigenvalue weighted by molar-refractivity contribution is 7.90. The highest BCUT2D eigenvalue weighted by Crippen LogP contribution is 2.21. The van der Waals surface area contributed by atoms with Gasteiger partial charge in [0, 0.05) is 19.6 Å². The van der Waals surface area contributed by atoms with Crippen LogP contribution < -0.4 is 9.94 Å². The van der Waals surface area contributed by atoms with E-state index in [-0.39, 0.29) is 29.2 Å². The molecule has 184 valence electrons. The number of rotatable bonds is 11. The average molecular weight is 526 g/mol. The zero-order valence-corrected chi connectivity index (χ0v) is 21.2. The molecule has 0 saturated carbocycles. The number of hydrogen-bond acceptors (Lipinski definition) is 7. The average Bonchev–Trinajstić information content (AvgIpc) is 3.09. The summed E-state index contributed by atoms with van der Waals surface area (Å²) in [7, 11) is -7.22. The maximum Gasteiger partial charge on any atom is 0.248 e. The van der Waals surface area contributed by atoms with E-state index in [0.29, 0.717) is 40.3 Å². The fourth-order valence-corrected chi connectivity index (χ4v) is 6.49. The molecule has 1 amide bonds. The molecular weight excluding hydrogens is 498 g/mol. The van der Waals surface area contributed by atoms with Crippen LogP contribution in [0.4, 0.5) is 0 Å². The second-order valence-corrected chi connectivity index (χ2v) is 12.3. The Bertz CT molecular complexity index is 1430. The van der Waals surface area contributed by atoms with Gasteiger partial charge in [0.1, 0.15) is 0 Å². The number of sulfonamides is 1. The summed E-state index contributed by atoms with van der Waals surface area (Å²) in [5.74, 6) is -0.630. The number of nitrogens with zero attached hydrogens (tertiary/aromatic N) is 2. The van der Waals surface area contributed by atoms with Gasteiger partial charge in [0.05, 0.1) is 33.2 Å². The summed E-state index contributed by atoms with van der Waals surface area (Å²) in [6, 6.07) is 13.4. The molecule has 2 N–H and O–H groups in total. The lowest BCUT2D eigenvalue weighted by molar-refractivity contribution is -0.118. The van der Waals surface area contributed by atoms with Crippen LogP contribution in [0.5, 0.6) is 0 Å². The van der Waals surface area contributed by atoms with Crippen molar-refractivity contribution in [3.8, 4) is 0 Å². The van der Waals surface area contributed by atoms with Gasteiger partial charge in [-0.3, -0.25) is 4.79 Å². The maximum absolute atomic E-state index is 12.5. The van der Waals surface area contributed by atoms with Gasteiger partial charge in [-0.2, -0.15) is 4.99 Å². The van der Waals surface area contributed by atoms with Gasteiger partial charge in [-0.05, 0) is 37.1 Å². The van der Waals surface area contributed by atoms with E-state index >= 15 is 0 Å². The van der Waals surface area contributed by atoms with Crippen molar-refractivity contribution < 1.29 is 26.4 Å². The molecule has 0 bridgehead atoms. The molecule has 0 unspecified atom stereocenters. The van der Waals surface area contributed by atoms with Crippen molar-refractivity contribution in [3.63, 3.8) is 0 Å². The Kier molecular flexibility index (Phi) is 8.77. The van der Waals surface area contributed by atoms with Gasteiger partial charge in [-0.25, -0.2) is 22.0 Å². The molecule has 0 aliphatic rings. The van der Waals surface area contributed by atoms with Crippen molar-refractivity contribution in [3.05, 3.63) is 58.9 Å². The SMILES string of the molecule is CCOCCn1c(=NC(=O)CCCS(=O)(=O)Cc2ccccc2)sc2cc(S(N)(=O)=O)ccc21. The number of carbonyl (C=O) groups is 1. The fourth-order valence-electron chi connectivity index (χ4n) is 3.34. The molecule has 3 rings (SSSR count). The quantitative estimate of drug-likeness (QED) is 0.381. The van der Waals surface area contributed by atoms with Crippen LogP contribution >= 0.6 is 11.3 Å². The predicted molar refractivity (Wildman–Crippen MR) is 131 cm³/mol. The van der Waals surface area contributed by atoms with Crippen LogP contribution in [0.3, 0.4) is 0 Å². The molecule has 0 fully saturated rings. The Balaban J connectivity index is 1.77. The normalized spacial score (nSPS) is 12.9. The van der Waals surface area contributed by atoms with Crippen LogP contribution in [0.15, 0.2) is 58.4 Å². The van der Waals surface area contributed by atoms with Crippen molar-refractivity contribution >= 4 is 47.3 Å². The third kappa shape index (κ3) is 7.31. The Morgan fingerprint density at radius 2 is 1.85 bits per heavy atom. The van der Waals surface area contributed by atoms with E-state index < -0.39 is 25.8 Å². The molecule has 1 heterocycles. The predicted octanol–water partition coefficient (Wildman–Crippen LogP) is 2.21. The van der Waals surface area contributed by atoms with E-state index in [1.165, 1.54) is 12.1 Å². The van der Waals surface area contributed by atoms with Gasteiger partial charge in [0.15, 0.2) is 14.6 Å². The molecule has 0 saturated heterocycles. The molecule has 0 spiro atoms. The molecule has 0 radical (unpaired) electrons. The van der Waals surface area contributed by atoms with Crippen molar-refractivity contribution in [1.82, 2.24) is 4.57 Å². The summed E-state index contributed by atoms with van der Waals surface area (Å²) in [5, 5.41) is 5.23. The first kappa shape index (κ1) is 26.2. The number of aromatic nitrogens is 1. The molecule has 34 heavy (non-hydrogen) atoms. The fraction of sp³-hybridized carbons (Fsp3) is 0.364. The van der Waals surface area contributed by atoms with E-state index in [2.05, 4.69) is 4.99 Å². The minimum Gasteiger partial charge on any atom is -0.380 e. The standard InChI is InChI=1S/C22H27N3O6S3/c1-2-31-13-12-25-19-11-10-18(34(23,29)30)15-20(19)32-22(25)24-21(26)9-6-14-33(27,28)16-17-7-4-3-5-8-17/h3-5,7-8,10-11,15H,2,6,9,12-14,16H2,1H3,(H2,23,29,30). The Labute approximate surface area is 202 Å². The molecule has 0 aliphatic carbocycles. The molecule has 0 atom stereocenters. The number of thiazole rings is 1. The van der Waals surface area contributed by atoms with Gasteiger partial charge in [0.25, 0.3) is 0 Å². The Morgan fingerprint density at radius 3 is 2.53 bits per heavy atom. The van der Waals surface area contributed by atoms with Gasteiger partial charge in [-0.15, -0.1) is 0 Å². The molecule has 9 nitrogen and oxygen atoms in total. The minimum absolute atomic E-state index is 0.0177. The zero-order valence-electron chi connectivity index (χ0n) is 18.7. The van der Waals surface area contributed by atoms with Crippen LogP contribution in [-0.2, 0) is 41.7 Å². The molecule has 1 aromatic heterocycles. The number of sulfone groups is 1. The van der Waals surface area contributed by atoms with Gasteiger partial charge in [0.2, 0.25) is 15.9 Å². The van der Waals surface area contributed by atoms with Crippen LogP contribution in [0, 0.1) is 0 Å². The van der Waals surface area contributed by atoms with Crippen molar-refractivity contribution in [1.29, 1.82) is 0 Å². The largest absolute Gasteiger partial charge is 0.380 e. The number of benzene rings is 2. The lowest BCUT2D eigenvalue weighted by Gasteiger charge is -2.06. The third-order valence-electron chi connectivity index (χ3n) is 4.94. The Morgan fingerprint density at radius 1 is 1.12 bits per heavy atom. The smallest absolute Gasteiger partial charge is 0.248 e. The summed E-state index contributed by atoms with van der Waals surface area (Å²) < 4.78 is 55.9. The number of hydrogen-bond donors (Lipinski definition) is 1. The van der Waals surface area contributed by atoms with E-state index in [1.807, 2.05) is 13.0 Å². The van der Waals surface area contributed by atoms with Crippen LogP contribution in [-0.4, -0.2) is 46.3 Å². The monoisotopic (exact) mass is 525 g/mol. The molecule has 3 aromatic rings. The lowest BCUT2D eigenvalue weighted by Crippen LogP contribution is -2.20. The first-order chi connectivity index (χ1) is 16.1. The summed E-state index contributed by atoms with van der Waals surface area (Å²) in [4.78, 5) is 17.1. The topological polar surface area (TPSA) is 138 Å². The second-order valence-electron chi connectivity index (χ2n) is 7.59. The maximum atomic E-state index is 12.5. The number of carbonyl (C=O) groups excluding carboxylic acids is 1. The van der Waals surface area contributed by atoms with Crippen molar-refractivity contribution in [2.45, 2.75) is 37.0 Å². The van der Waals surface area contributed by atoms with E-state index in [1.54, 1.807) is 34.9 Å². The van der Waals surface area contributed by atoms with Gasteiger partial charge in [-0.1, -0.05) is 41.7 Å². The molecule has 2 aromatic carbocycles. The summed E-state index contributed by atoms with van der Waals surface area (Å²) in [6.07, 6.45) is 0.146. The number of amides is 1. The number of fused-ring (bicyclic) bond motifs is 1. The highest BCUT2D eigenvalue weighted by atomic mass is 32.2. The first-order valence-electron chi connectivity index (χ1n) is 10.6. The number of nitrogens with two attached hydrogens (primary N) is 1. The Hall–Kier alpha value is -2.38. The third-order valence-corrected chi connectivity index (χ3v) is 8.58. The number of ether oxygens (including phenoxy) is 1. The highest BCUT2D eigenvalue weighted by Gasteiger charge is 2.15. The van der Waals surface area contributed by atoms with Crippen molar-refractivity contribution in [2.24, 2.45) is 10.1 Å². The van der Waals surface area contributed by atoms with E-state index in [4.69, 9.17) is 9.88 Å². The zero-order chi connectivity index (χ0) is 24.8. The summed E-state index contributed by atoms with van der Waals surface area (Å²) in [6.45, 7) is 3.20. The van der Waals surface area contributed by atoms with Gasteiger partial charge >= 0.3 is 0 Å².